The SMILES string of the molecule is Cn1c2c(c3cc(NC4=CCC(C(F)(F)F)N=C4)ccc31)CS(=O)(=O)CC2. The Morgan fingerprint density at radius 3 is 2.74 bits per heavy atom. The second kappa shape index (κ2) is 6.12. The van der Waals surface area contributed by atoms with E-state index in [9.17, 15) is 21.6 Å². The number of allylic oxidation sites excluding steroid dienone is 1. The van der Waals surface area contributed by atoms with Gasteiger partial charge in [-0.15, -0.1) is 0 Å². The van der Waals surface area contributed by atoms with Crippen LogP contribution in [0.25, 0.3) is 10.9 Å². The molecular weight excluding hydrogens is 379 g/mol. The molecule has 0 amide bonds. The van der Waals surface area contributed by atoms with Gasteiger partial charge in [0.15, 0.2) is 9.84 Å². The molecule has 0 saturated heterocycles. The Kier molecular flexibility index (Phi) is 4.10. The maximum absolute atomic E-state index is 12.7. The predicted molar refractivity (Wildman–Crippen MR) is 98.8 cm³/mol. The highest BCUT2D eigenvalue weighted by Gasteiger charge is 2.39. The molecule has 3 heterocycles. The number of halogens is 3. The Hall–Kier alpha value is -2.29. The van der Waals surface area contributed by atoms with Crippen molar-refractivity contribution in [2.24, 2.45) is 12.0 Å². The van der Waals surface area contributed by atoms with Gasteiger partial charge in [0.05, 0.1) is 17.2 Å². The van der Waals surface area contributed by atoms with E-state index in [0.29, 0.717) is 17.8 Å². The Labute approximate surface area is 154 Å². The molecule has 0 saturated carbocycles. The lowest BCUT2D eigenvalue weighted by molar-refractivity contribution is -0.146. The van der Waals surface area contributed by atoms with Crippen LogP contribution < -0.4 is 5.32 Å². The third kappa shape index (κ3) is 3.36. The first-order chi connectivity index (χ1) is 12.6. The van der Waals surface area contributed by atoms with Gasteiger partial charge in [-0.2, -0.15) is 13.2 Å². The summed E-state index contributed by atoms with van der Waals surface area (Å²) in [5, 5.41) is 3.92. The molecule has 9 heteroatoms. The summed E-state index contributed by atoms with van der Waals surface area (Å²) in [5.41, 5.74) is 3.94. The lowest BCUT2D eigenvalue weighted by atomic mass is 10.1. The maximum atomic E-state index is 12.7. The number of aromatic nitrogens is 1. The van der Waals surface area contributed by atoms with Gasteiger partial charge in [-0.05, 0) is 30.2 Å². The van der Waals surface area contributed by atoms with Gasteiger partial charge in [-0.25, -0.2) is 8.42 Å². The Balaban J connectivity index is 1.64. The number of nitrogens with zero attached hydrogens (tertiary/aromatic N) is 2. The number of dihydropyridines is 1. The number of benzene rings is 1. The predicted octanol–water partition coefficient (Wildman–Crippen LogP) is 3.35. The minimum Gasteiger partial charge on any atom is -0.355 e. The molecule has 2 aliphatic heterocycles. The minimum absolute atomic E-state index is 0.0144. The lowest BCUT2D eigenvalue weighted by Crippen LogP contribution is -2.28. The summed E-state index contributed by atoms with van der Waals surface area (Å²) in [5.74, 6) is 0.166. The third-order valence-corrected chi connectivity index (χ3v) is 6.63. The summed E-state index contributed by atoms with van der Waals surface area (Å²) in [6.45, 7) is 0. The van der Waals surface area contributed by atoms with Crippen LogP contribution in [0.3, 0.4) is 0 Å². The zero-order valence-corrected chi connectivity index (χ0v) is 15.4. The fourth-order valence-electron chi connectivity index (χ4n) is 3.67. The number of fused-ring (bicyclic) bond motifs is 3. The number of hydrogen-bond acceptors (Lipinski definition) is 4. The van der Waals surface area contributed by atoms with Gasteiger partial charge in [-0.3, -0.25) is 4.99 Å². The van der Waals surface area contributed by atoms with Crippen LogP contribution in [0, 0.1) is 0 Å². The molecule has 1 aromatic carbocycles. The summed E-state index contributed by atoms with van der Waals surface area (Å²) in [6.07, 6.45) is -1.39. The molecule has 0 radical (unpaired) electrons. The fourth-order valence-corrected chi connectivity index (χ4v) is 5.08. The molecule has 2 aromatic rings. The van der Waals surface area contributed by atoms with E-state index in [1.807, 2.05) is 29.8 Å². The molecule has 144 valence electrons. The molecule has 1 unspecified atom stereocenters. The van der Waals surface area contributed by atoms with E-state index in [4.69, 9.17) is 0 Å². The molecule has 2 aliphatic rings. The largest absolute Gasteiger partial charge is 0.411 e. The second-order valence-electron chi connectivity index (χ2n) is 6.91. The van der Waals surface area contributed by atoms with Crippen molar-refractivity contribution in [3.05, 3.63) is 41.2 Å². The summed E-state index contributed by atoms with van der Waals surface area (Å²) in [4.78, 5) is 3.57. The molecule has 1 N–H and O–H groups in total. The lowest BCUT2D eigenvalue weighted by Gasteiger charge is -2.19. The van der Waals surface area contributed by atoms with Crippen molar-refractivity contribution < 1.29 is 21.6 Å². The maximum Gasteiger partial charge on any atom is 0.411 e. The van der Waals surface area contributed by atoms with Gasteiger partial charge < -0.3 is 9.88 Å². The van der Waals surface area contributed by atoms with Gasteiger partial charge in [-0.1, -0.05) is 6.08 Å². The van der Waals surface area contributed by atoms with Crippen LogP contribution >= 0.6 is 0 Å². The Bertz CT molecular complexity index is 1080. The molecule has 27 heavy (non-hydrogen) atoms. The van der Waals surface area contributed by atoms with Crippen molar-refractivity contribution in [1.29, 1.82) is 0 Å². The zero-order valence-electron chi connectivity index (χ0n) is 14.5. The number of hydrogen-bond donors (Lipinski definition) is 1. The summed E-state index contributed by atoms with van der Waals surface area (Å²) >= 11 is 0. The topological polar surface area (TPSA) is 63.5 Å². The summed E-state index contributed by atoms with van der Waals surface area (Å²) in [6, 6.07) is 3.87. The van der Waals surface area contributed by atoms with E-state index < -0.39 is 22.1 Å². The van der Waals surface area contributed by atoms with Gasteiger partial charge in [0.2, 0.25) is 0 Å². The molecular formula is C18H18F3N3O2S. The average molecular weight is 397 g/mol. The van der Waals surface area contributed by atoms with E-state index >= 15 is 0 Å². The van der Waals surface area contributed by atoms with Crippen LogP contribution in [-0.2, 0) is 29.1 Å². The van der Waals surface area contributed by atoms with E-state index in [2.05, 4.69) is 10.3 Å². The van der Waals surface area contributed by atoms with Crippen molar-refractivity contribution >= 4 is 32.6 Å². The fraction of sp³-hybridized carbons (Fsp3) is 0.389. The molecule has 0 aliphatic carbocycles. The number of alkyl halides is 3. The highest BCUT2D eigenvalue weighted by molar-refractivity contribution is 7.90. The number of sulfone groups is 1. The average Bonchev–Trinajstić information content (AvgIpc) is 2.85. The monoisotopic (exact) mass is 397 g/mol. The molecule has 5 nitrogen and oxygen atoms in total. The molecule has 0 fully saturated rings. The third-order valence-electron chi connectivity index (χ3n) is 5.07. The van der Waals surface area contributed by atoms with Crippen molar-refractivity contribution in [3.8, 4) is 0 Å². The Morgan fingerprint density at radius 2 is 2.07 bits per heavy atom. The van der Waals surface area contributed by atoms with E-state index in [-0.39, 0.29) is 17.9 Å². The first kappa shape index (κ1) is 18.1. The molecule has 4 rings (SSSR count). The van der Waals surface area contributed by atoms with Crippen LogP contribution in [0.4, 0.5) is 18.9 Å². The number of anilines is 1. The second-order valence-corrected chi connectivity index (χ2v) is 9.10. The first-order valence-corrected chi connectivity index (χ1v) is 10.3. The van der Waals surface area contributed by atoms with E-state index in [1.165, 1.54) is 12.3 Å². The van der Waals surface area contributed by atoms with Crippen LogP contribution in [0.15, 0.2) is 35.0 Å². The van der Waals surface area contributed by atoms with Crippen molar-refractivity contribution in [1.82, 2.24) is 4.57 Å². The number of nitrogens with one attached hydrogen (secondary N) is 1. The van der Waals surface area contributed by atoms with Crippen molar-refractivity contribution in [2.45, 2.75) is 30.8 Å². The van der Waals surface area contributed by atoms with E-state index in [0.717, 1.165) is 22.2 Å². The van der Waals surface area contributed by atoms with Gasteiger partial charge in [0.25, 0.3) is 0 Å². The molecule has 1 atom stereocenters. The minimum atomic E-state index is -4.34. The molecule has 1 aromatic heterocycles. The van der Waals surface area contributed by atoms with Gasteiger partial charge in [0.1, 0.15) is 6.04 Å². The van der Waals surface area contributed by atoms with Crippen LogP contribution in [0.5, 0.6) is 0 Å². The van der Waals surface area contributed by atoms with E-state index in [1.54, 1.807) is 0 Å². The normalized spacial score (nSPS) is 21.8. The number of aryl methyl sites for hydroxylation is 1. The standard InChI is InChI=1S/C18H18F3N3O2S/c1-24-15-4-2-11(23-12-3-5-17(22-9-12)18(19,20)21)8-13(15)14-10-27(25,26)7-6-16(14)24/h2-4,8-9,17,23H,5-7,10H2,1H3. The van der Waals surface area contributed by atoms with Gasteiger partial charge in [0, 0.05) is 42.0 Å². The first-order valence-electron chi connectivity index (χ1n) is 8.52. The summed E-state index contributed by atoms with van der Waals surface area (Å²) < 4.78 is 64.1. The smallest absolute Gasteiger partial charge is 0.355 e. The van der Waals surface area contributed by atoms with Crippen molar-refractivity contribution in [2.75, 3.05) is 11.1 Å². The van der Waals surface area contributed by atoms with Crippen LogP contribution in [0.2, 0.25) is 0 Å². The summed E-state index contributed by atoms with van der Waals surface area (Å²) in [7, 11) is -1.19. The van der Waals surface area contributed by atoms with Crippen molar-refractivity contribution in [3.63, 3.8) is 0 Å². The van der Waals surface area contributed by atoms with Crippen LogP contribution in [-0.4, -0.2) is 37.2 Å². The zero-order chi connectivity index (χ0) is 19.4. The highest BCUT2D eigenvalue weighted by atomic mass is 32.2. The number of aliphatic imine (C=N–C) groups is 1. The molecule has 0 bridgehead atoms. The quantitative estimate of drug-likeness (QED) is 0.845. The number of rotatable bonds is 2. The Morgan fingerprint density at radius 1 is 1.30 bits per heavy atom. The molecule has 0 spiro atoms. The van der Waals surface area contributed by atoms with Crippen LogP contribution in [0.1, 0.15) is 17.7 Å². The van der Waals surface area contributed by atoms with Gasteiger partial charge >= 0.3 is 6.18 Å². The highest BCUT2D eigenvalue weighted by Crippen LogP contribution is 2.33.